The number of amides is 1. The molecule has 1 unspecified atom stereocenters. The van der Waals surface area contributed by atoms with Gasteiger partial charge in [-0.2, -0.15) is 0 Å². The van der Waals surface area contributed by atoms with Crippen LogP contribution in [0.15, 0.2) is 24.3 Å². The van der Waals surface area contributed by atoms with E-state index in [-0.39, 0.29) is 11.7 Å². The van der Waals surface area contributed by atoms with Gasteiger partial charge in [-0.1, -0.05) is 25.4 Å². The second-order valence-corrected chi connectivity index (χ2v) is 8.83. The summed E-state index contributed by atoms with van der Waals surface area (Å²) in [7, 11) is 1.33. The summed E-state index contributed by atoms with van der Waals surface area (Å²) < 4.78 is 6.73. The molecule has 2 rings (SSSR count). The van der Waals surface area contributed by atoms with E-state index >= 15 is 0 Å². The molecule has 1 aromatic heterocycles. The number of ether oxygens (including phenoxy) is 1. The minimum absolute atomic E-state index is 0.191. The lowest BCUT2D eigenvalue weighted by atomic mass is 9.98. The minimum Gasteiger partial charge on any atom is -0.464 e. The number of carbonyl (C=O) groups is 3. The SMILES string of the molecule is CCn1c(C)c(C(=O)C(C)N(CCC(C)C)C(=O)c2ccc(Cl)cc2)c(C)c1C(=O)OC. The van der Waals surface area contributed by atoms with Crippen molar-refractivity contribution < 1.29 is 19.1 Å². The first-order valence-corrected chi connectivity index (χ1v) is 11.3. The van der Waals surface area contributed by atoms with Crippen molar-refractivity contribution >= 4 is 29.3 Å². The maximum atomic E-state index is 13.7. The quantitative estimate of drug-likeness (QED) is 0.375. The van der Waals surface area contributed by atoms with Crippen molar-refractivity contribution in [2.45, 2.75) is 60.5 Å². The number of Topliss-reactive ketones (excluding diaryl/α,β-unsaturated/α-hetero) is 1. The van der Waals surface area contributed by atoms with Crippen LogP contribution in [0, 0.1) is 19.8 Å². The summed E-state index contributed by atoms with van der Waals surface area (Å²) >= 11 is 5.98. The van der Waals surface area contributed by atoms with Crippen LogP contribution >= 0.6 is 11.6 Å². The van der Waals surface area contributed by atoms with Crippen LogP contribution in [0.2, 0.25) is 5.02 Å². The molecular weight excluding hydrogens is 428 g/mol. The maximum Gasteiger partial charge on any atom is 0.354 e. The number of esters is 1. The van der Waals surface area contributed by atoms with Gasteiger partial charge in [0.2, 0.25) is 0 Å². The van der Waals surface area contributed by atoms with Gasteiger partial charge >= 0.3 is 5.97 Å². The molecule has 0 fully saturated rings. The van der Waals surface area contributed by atoms with E-state index in [1.54, 1.807) is 47.6 Å². The summed E-state index contributed by atoms with van der Waals surface area (Å²) in [5.74, 6) is -0.522. The van der Waals surface area contributed by atoms with Gasteiger partial charge in [-0.3, -0.25) is 9.59 Å². The van der Waals surface area contributed by atoms with Crippen molar-refractivity contribution in [1.82, 2.24) is 9.47 Å². The molecule has 0 aliphatic carbocycles. The minimum atomic E-state index is -0.701. The molecule has 174 valence electrons. The van der Waals surface area contributed by atoms with Crippen LogP contribution in [0.25, 0.3) is 0 Å². The Labute approximate surface area is 195 Å². The molecule has 6 nitrogen and oxygen atoms in total. The number of methoxy groups -OCH3 is 1. The van der Waals surface area contributed by atoms with Gasteiger partial charge in [0.25, 0.3) is 5.91 Å². The van der Waals surface area contributed by atoms with Crippen molar-refractivity contribution in [2.75, 3.05) is 13.7 Å². The molecule has 32 heavy (non-hydrogen) atoms. The van der Waals surface area contributed by atoms with Gasteiger partial charge < -0.3 is 14.2 Å². The Hall–Kier alpha value is -2.60. The van der Waals surface area contributed by atoms with E-state index in [1.807, 2.05) is 13.8 Å². The number of rotatable bonds is 9. The lowest BCUT2D eigenvalue weighted by Gasteiger charge is -2.29. The van der Waals surface area contributed by atoms with Crippen molar-refractivity contribution in [2.24, 2.45) is 5.92 Å². The fourth-order valence-electron chi connectivity index (χ4n) is 3.99. The van der Waals surface area contributed by atoms with E-state index in [1.165, 1.54) is 7.11 Å². The van der Waals surface area contributed by atoms with Gasteiger partial charge in [0.1, 0.15) is 5.69 Å². The average Bonchev–Trinajstić information content (AvgIpc) is 3.01. The van der Waals surface area contributed by atoms with Crippen LogP contribution < -0.4 is 0 Å². The molecule has 0 N–H and O–H groups in total. The van der Waals surface area contributed by atoms with Crippen LogP contribution in [0.1, 0.15) is 76.6 Å². The molecule has 0 bridgehead atoms. The Morgan fingerprint density at radius 2 is 1.69 bits per heavy atom. The summed E-state index contributed by atoms with van der Waals surface area (Å²) in [5.41, 5.74) is 2.60. The van der Waals surface area contributed by atoms with Gasteiger partial charge in [-0.15, -0.1) is 0 Å². The lowest BCUT2D eigenvalue weighted by Crippen LogP contribution is -2.44. The molecule has 1 aromatic carbocycles. The molecule has 1 heterocycles. The van der Waals surface area contributed by atoms with Gasteiger partial charge in [0, 0.05) is 34.9 Å². The Bertz CT molecular complexity index is 992. The number of hydrogen-bond donors (Lipinski definition) is 0. The molecule has 0 spiro atoms. The van der Waals surface area contributed by atoms with E-state index < -0.39 is 12.0 Å². The van der Waals surface area contributed by atoms with Crippen LogP contribution in [0.4, 0.5) is 0 Å². The number of carbonyl (C=O) groups excluding carboxylic acids is 3. The Morgan fingerprint density at radius 3 is 2.19 bits per heavy atom. The lowest BCUT2D eigenvalue weighted by molar-refractivity contribution is 0.0586. The molecule has 1 amide bonds. The second kappa shape index (κ2) is 10.8. The number of aromatic nitrogens is 1. The Morgan fingerprint density at radius 1 is 1.09 bits per heavy atom. The van der Waals surface area contributed by atoms with Crippen LogP contribution in [-0.2, 0) is 11.3 Å². The first-order valence-electron chi connectivity index (χ1n) is 10.9. The summed E-state index contributed by atoms with van der Waals surface area (Å²) in [6.07, 6.45) is 0.762. The highest BCUT2D eigenvalue weighted by molar-refractivity contribution is 6.30. The van der Waals surface area contributed by atoms with E-state index in [0.29, 0.717) is 52.1 Å². The number of nitrogens with zero attached hydrogens (tertiary/aromatic N) is 2. The molecular formula is C25H33ClN2O4. The Balaban J connectivity index is 2.49. The third-order valence-corrected chi connectivity index (χ3v) is 6.11. The van der Waals surface area contributed by atoms with Crippen molar-refractivity contribution in [3.63, 3.8) is 0 Å². The highest BCUT2D eigenvalue weighted by atomic mass is 35.5. The zero-order chi connectivity index (χ0) is 24.2. The summed E-state index contributed by atoms with van der Waals surface area (Å²) in [5, 5.41) is 0.543. The van der Waals surface area contributed by atoms with Crippen molar-refractivity contribution in [3.05, 3.63) is 57.4 Å². The molecule has 1 atom stereocenters. The fourth-order valence-corrected chi connectivity index (χ4v) is 4.12. The number of halogens is 1. The highest BCUT2D eigenvalue weighted by Crippen LogP contribution is 2.26. The van der Waals surface area contributed by atoms with Crippen molar-refractivity contribution in [1.29, 1.82) is 0 Å². The molecule has 0 saturated heterocycles. The summed E-state index contributed by atoms with van der Waals surface area (Å²) in [6.45, 7) is 12.4. The molecule has 0 aliphatic heterocycles. The zero-order valence-electron chi connectivity index (χ0n) is 20.0. The van der Waals surface area contributed by atoms with Gasteiger partial charge in [-0.25, -0.2) is 4.79 Å². The van der Waals surface area contributed by atoms with E-state index in [9.17, 15) is 14.4 Å². The van der Waals surface area contributed by atoms with Crippen LogP contribution in [-0.4, -0.2) is 46.8 Å². The maximum absolute atomic E-state index is 13.7. The largest absolute Gasteiger partial charge is 0.464 e. The molecule has 0 saturated carbocycles. The predicted molar refractivity (Wildman–Crippen MR) is 127 cm³/mol. The third-order valence-electron chi connectivity index (χ3n) is 5.85. The van der Waals surface area contributed by atoms with Crippen LogP contribution in [0.5, 0.6) is 0 Å². The van der Waals surface area contributed by atoms with Gasteiger partial charge in [0.15, 0.2) is 5.78 Å². The summed E-state index contributed by atoms with van der Waals surface area (Å²) in [6, 6.07) is 5.97. The highest BCUT2D eigenvalue weighted by Gasteiger charge is 2.33. The Kier molecular flexibility index (Phi) is 8.67. The molecule has 7 heteroatoms. The normalized spacial score (nSPS) is 12.0. The summed E-state index contributed by atoms with van der Waals surface area (Å²) in [4.78, 5) is 41.0. The van der Waals surface area contributed by atoms with Gasteiger partial charge in [-0.05, 0) is 69.9 Å². The number of hydrogen-bond acceptors (Lipinski definition) is 4. The van der Waals surface area contributed by atoms with Crippen molar-refractivity contribution in [3.8, 4) is 0 Å². The zero-order valence-corrected chi connectivity index (χ0v) is 20.7. The van der Waals surface area contributed by atoms with Gasteiger partial charge in [0.05, 0.1) is 13.2 Å². The molecule has 0 radical (unpaired) electrons. The number of ketones is 1. The molecule has 0 aliphatic rings. The first-order chi connectivity index (χ1) is 15.0. The van der Waals surface area contributed by atoms with E-state index in [4.69, 9.17) is 16.3 Å². The monoisotopic (exact) mass is 460 g/mol. The first kappa shape index (κ1) is 25.7. The standard InChI is InChI=1S/C25H33ClN2O4/c1-8-27-17(5)21(16(4)22(27)25(31)32-7)23(29)18(6)28(14-13-15(2)3)24(30)19-9-11-20(26)12-10-19/h9-12,15,18H,8,13-14H2,1-7H3. The predicted octanol–water partition coefficient (Wildman–Crippen LogP) is 5.32. The smallest absolute Gasteiger partial charge is 0.354 e. The van der Waals surface area contributed by atoms with Crippen LogP contribution in [0.3, 0.4) is 0 Å². The molecule has 2 aromatic rings. The van der Waals surface area contributed by atoms with E-state index in [0.717, 1.165) is 6.42 Å². The third kappa shape index (κ3) is 5.23. The average molecular weight is 461 g/mol. The second-order valence-electron chi connectivity index (χ2n) is 8.40. The fraction of sp³-hybridized carbons (Fsp3) is 0.480. The van der Waals surface area contributed by atoms with E-state index in [2.05, 4.69) is 13.8 Å². The topological polar surface area (TPSA) is 68.6 Å². The number of benzene rings is 1.